The third-order valence-electron chi connectivity index (χ3n) is 1.85. The molecule has 0 radical (unpaired) electrons. The molecule has 1 heterocycles. The Hall–Kier alpha value is -0.970. The van der Waals surface area contributed by atoms with E-state index in [0.717, 1.165) is 0 Å². The van der Waals surface area contributed by atoms with E-state index in [9.17, 15) is 5.11 Å². The summed E-state index contributed by atoms with van der Waals surface area (Å²) >= 11 is 0. The monoisotopic (exact) mass is 182 g/mol. The maximum atomic E-state index is 9.21. The molecule has 1 aromatic rings. The van der Waals surface area contributed by atoms with Gasteiger partial charge in [-0.2, -0.15) is 0 Å². The van der Waals surface area contributed by atoms with Crippen LogP contribution in [0.1, 0.15) is 24.4 Å². The largest absolute Gasteiger partial charge is 0.391 e. The second-order valence-electron chi connectivity index (χ2n) is 2.98. The molecule has 4 heteroatoms. The molecular formula is C9H14N2O2. The molecule has 0 fully saturated rings. The maximum Gasteiger partial charge on any atom is 0.0853 e. The molecule has 0 aliphatic rings. The van der Waals surface area contributed by atoms with Crippen LogP contribution in [0.15, 0.2) is 18.2 Å². The van der Waals surface area contributed by atoms with Gasteiger partial charge in [-0.25, -0.2) is 0 Å². The fourth-order valence-electron chi connectivity index (χ4n) is 1.02. The van der Waals surface area contributed by atoms with Gasteiger partial charge in [0.15, 0.2) is 0 Å². The molecule has 0 saturated carbocycles. The molecule has 0 aliphatic heterocycles. The zero-order valence-corrected chi connectivity index (χ0v) is 7.51. The number of pyridine rings is 1. The summed E-state index contributed by atoms with van der Waals surface area (Å²) in [6.07, 6.45) is -0.638. The van der Waals surface area contributed by atoms with Crippen molar-refractivity contribution < 1.29 is 10.2 Å². The van der Waals surface area contributed by atoms with Crippen LogP contribution in [-0.4, -0.2) is 21.3 Å². The van der Waals surface area contributed by atoms with E-state index in [0.29, 0.717) is 11.4 Å². The first-order chi connectivity index (χ1) is 6.15. The molecular weight excluding hydrogens is 168 g/mol. The van der Waals surface area contributed by atoms with Gasteiger partial charge in [0.1, 0.15) is 0 Å². The molecule has 0 saturated heterocycles. The number of aliphatic hydroxyl groups excluding tert-OH is 2. The fourth-order valence-corrected chi connectivity index (χ4v) is 1.02. The van der Waals surface area contributed by atoms with E-state index in [4.69, 9.17) is 10.8 Å². The Morgan fingerprint density at radius 2 is 2.23 bits per heavy atom. The van der Waals surface area contributed by atoms with Crippen LogP contribution < -0.4 is 5.73 Å². The van der Waals surface area contributed by atoms with Gasteiger partial charge in [-0.15, -0.1) is 0 Å². The van der Waals surface area contributed by atoms with Gasteiger partial charge in [-0.1, -0.05) is 6.07 Å². The molecule has 1 rings (SSSR count). The Labute approximate surface area is 77.0 Å². The molecule has 1 aromatic heterocycles. The smallest absolute Gasteiger partial charge is 0.0853 e. The van der Waals surface area contributed by atoms with Gasteiger partial charge in [-0.3, -0.25) is 4.98 Å². The first kappa shape index (κ1) is 10.1. The van der Waals surface area contributed by atoms with Crippen molar-refractivity contribution in [2.24, 2.45) is 5.73 Å². The summed E-state index contributed by atoms with van der Waals surface area (Å²) in [4.78, 5) is 4.08. The van der Waals surface area contributed by atoms with E-state index in [-0.39, 0.29) is 6.61 Å². The standard InChI is InChI=1S/C9H14N2O2/c1-6(13)9(10)8-4-2-3-7(5-12)11-8/h2-4,6,9,12-13H,5,10H2,1H3/t6-,9-/m0/s1. The number of aliphatic hydroxyl groups is 2. The van der Waals surface area contributed by atoms with Crippen LogP contribution >= 0.6 is 0 Å². The average Bonchev–Trinajstić information content (AvgIpc) is 2.16. The van der Waals surface area contributed by atoms with Crippen LogP contribution in [0.2, 0.25) is 0 Å². The molecule has 0 spiro atoms. The molecule has 0 amide bonds. The van der Waals surface area contributed by atoms with Crippen LogP contribution in [0.4, 0.5) is 0 Å². The SMILES string of the molecule is C[C@H](O)[C@H](N)c1cccc(CO)n1. The summed E-state index contributed by atoms with van der Waals surface area (Å²) in [5.74, 6) is 0. The Bertz CT molecular complexity index is 276. The van der Waals surface area contributed by atoms with Crippen LogP contribution in [0.25, 0.3) is 0 Å². The van der Waals surface area contributed by atoms with Gasteiger partial charge in [0.2, 0.25) is 0 Å². The van der Waals surface area contributed by atoms with Crippen molar-refractivity contribution >= 4 is 0 Å². The molecule has 4 N–H and O–H groups in total. The lowest BCUT2D eigenvalue weighted by atomic mass is 10.1. The number of aromatic nitrogens is 1. The van der Waals surface area contributed by atoms with Crippen LogP contribution in [0.5, 0.6) is 0 Å². The topological polar surface area (TPSA) is 79.4 Å². The van der Waals surface area contributed by atoms with E-state index in [1.807, 2.05) is 0 Å². The summed E-state index contributed by atoms with van der Waals surface area (Å²) in [5, 5.41) is 18.0. The molecule has 13 heavy (non-hydrogen) atoms. The van der Waals surface area contributed by atoms with Crippen molar-refractivity contribution in [3.63, 3.8) is 0 Å². The number of hydrogen-bond acceptors (Lipinski definition) is 4. The highest BCUT2D eigenvalue weighted by atomic mass is 16.3. The molecule has 0 aliphatic carbocycles. The number of rotatable bonds is 3. The zero-order chi connectivity index (χ0) is 9.84. The second kappa shape index (κ2) is 4.32. The van der Waals surface area contributed by atoms with Gasteiger partial charge in [-0.05, 0) is 19.1 Å². The number of nitrogens with two attached hydrogens (primary N) is 1. The van der Waals surface area contributed by atoms with Crippen molar-refractivity contribution in [3.8, 4) is 0 Å². The van der Waals surface area contributed by atoms with E-state index >= 15 is 0 Å². The highest BCUT2D eigenvalue weighted by molar-refractivity contribution is 5.14. The molecule has 72 valence electrons. The minimum Gasteiger partial charge on any atom is -0.391 e. The van der Waals surface area contributed by atoms with Crippen LogP contribution in [0, 0.1) is 0 Å². The molecule has 4 nitrogen and oxygen atoms in total. The number of hydrogen-bond donors (Lipinski definition) is 3. The Morgan fingerprint density at radius 3 is 2.77 bits per heavy atom. The maximum absolute atomic E-state index is 9.21. The first-order valence-electron chi connectivity index (χ1n) is 4.15. The predicted molar refractivity (Wildman–Crippen MR) is 48.8 cm³/mol. The lowest BCUT2D eigenvalue weighted by molar-refractivity contribution is 0.162. The fraction of sp³-hybridized carbons (Fsp3) is 0.444. The Kier molecular flexibility index (Phi) is 3.36. The summed E-state index contributed by atoms with van der Waals surface area (Å²) in [6, 6.07) is 4.71. The normalized spacial score (nSPS) is 15.4. The van der Waals surface area contributed by atoms with E-state index in [1.165, 1.54) is 0 Å². The summed E-state index contributed by atoms with van der Waals surface area (Å²) in [5.41, 5.74) is 6.83. The minimum atomic E-state index is -0.638. The zero-order valence-electron chi connectivity index (χ0n) is 7.51. The number of nitrogens with zero attached hydrogens (tertiary/aromatic N) is 1. The van der Waals surface area contributed by atoms with E-state index < -0.39 is 12.1 Å². The van der Waals surface area contributed by atoms with Crippen molar-refractivity contribution in [2.45, 2.75) is 25.7 Å². The lowest BCUT2D eigenvalue weighted by Crippen LogP contribution is -2.24. The first-order valence-corrected chi connectivity index (χ1v) is 4.15. The third kappa shape index (κ3) is 2.48. The van der Waals surface area contributed by atoms with E-state index in [2.05, 4.69) is 4.98 Å². The average molecular weight is 182 g/mol. The van der Waals surface area contributed by atoms with Crippen molar-refractivity contribution in [1.29, 1.82) is 0 Å². The second-order valence-corrected chi connectivity index (χ2v) is 2.98. The third-order valence-corrected chi connectivity index (χ3v) is 1.85. The minimum absolute atomic E-state index is 0.111. The van der Waals surface area contributed by atoms with Crippen molar-refractivity contribution in [3.05, 3.63) is 29.6 Å². The van der Waals surface area contributed by atoms with Crippen molar-refractivity contribution in [2.75, 3.05) is 0 Å². The van der Waals surface area contributed by atoms with Gasteiger partial charge in [0.25, 0.3) is 0 Å². The molecule has 0 bridgehead atoms. The lowest BCUT2D eigenvalue weighted by Gasteiger charge is -2.14. The van der Waals surface area contributed by atoms with Gasteiger partial charge >= 0.3 is 0 Å². The summed E-state index contributed by atoms with van der Waals surface area (Å²) < 4.78 is 0. The quantitative estimate of drug-likeness (QED) is 0.612. The van der Waals surface area contributed by atoms with Crippen molar-refractivity contribution in [1.82, 2.24) is 4.98 Å². The van der Waals surface area contributed by atoms with Crippen LogP contribution in [-0.2, 0) is 6.61 Å². The molecule has 0 unspecified atom stereocenters. The molecule has 2 atom stereocenters. The molecule has 0 aromatic carbocycles. The highest BCUT2D eigenvalue weighted by Crippen LogP contribution is 2.11. The van der Waals surface area contributed by atoms with Crippen LogP contribution in [0.3, 0.4) is 0 Å². The van der Waals surface area contributed by atoms with Gasteiger partial charge in [0.05, 0.1) is 30.1 Å². The van der Waals surface area contributed by atoms with Gasteiger partial charge < -0.3 is 15.9 Å². The Balaban J connectivity index is 2.88. The highest BCUT2D eigenvalue weighted by Gasteiger charge is 2.13. The summed E-state index contributed by atoms with van der Waals surface area (Å²) in [6.45, 7) is 1.50. The van der Waals surface area contributed by atoms with Gasteiger partial charge in [0, 0.05) is 0 Å². The van der Waals surface area contributed by atoms with E-state index in [1.54, 1.807) is 25.1 Å². The predicted octanol–water partition coefficient (Wildman–Crippen LogP) is -0.0455. The Morgan fingerprint density at radius 1 is 1.54 bits per heavy atom. The summed E-state index contributed by atoms with van der Waals surface area (Å²) in [7, 11) is 0.